The Kier molecular flexibility index (Phi) is 2.71. The molecule has 1 aliphatic rings. The summed E-state index contributed by atoms with van der Waals surface area (Å²) in [5.41, 5.74) is 1.28. The molecule has 0 aliphatic carbocycles. The summed E-state index contributed by atoms with van der Waals surface area (Å²) >= 11 is 0. The van der Waals surface area contributed by atoms with Gasteiger partial charge in [0.1, 0.15) is 12.4 Å². The number of rotatable bonds is 4. The summed E-state index contributed by atoms with van der Waals surface area (Å²) in [7, 11) is 0. The smallest absolute Gasteiger partial charge is 0.148 e. The maximum atomic E-state index is 5.26. The zero-order valence-electron chi connectivity index (χ0n) is 7.90. The summed E-state index contributed by atoms with van der Waals surface area (Å²) in [5, 5.41) is 0. The van der Waals surface area contributed by atoms with E-state index in [1.54, 1.807) is 0 Å². The minimum absolute atomic E-state index is 0.324. The predicted octanol–water partition coefficient (Wildman–Crippen LogP) is 1.64. The quantitative estimate of drug-likeness (QED) is 0.529. The van der Waals surface area contributed by atoms with Gasteiger partial charge in [0, 0.05) is 6.42 Å². The fourth-order valence-corrected chi connectivity index (χ4v) is 1.30. The number of hydrogen-bond donors (Lipinski definition) is 0. The molecule has 2 rings (SSSR count). The Morgan fingerprint density at radius 3 is 2.71 bits per heavy atom. The Morgan fingerprint density at radius 2 is 2.14 bits per heavy atom. The van der Waals surface area contributed by atoms with Crippen LogP contribution in [0.5, 0.6) is 5.75 Å². The van der Waals surface area contributed by atoms with E-state index in [9.17, 15) is 0 Å². The average Bonchev–Trinajstić information content (AvgIpc) is 3.01. The highest BCUT2D eigenvalue weighted by atomic mass is 16.6. The second-order valence-electron chi connectivity index (χ2n) is 3.30. The predicted molar refractivity (Wildman–Crippen MR) is 54.2 cm³/mol. The largest absolute Gasteiger partial charge is 0.481 e. The summed E-state index contributed by atoms with van der Waals surface area (Å²) in [5.74, 6) is 3.25. The number of hydrogen-bond acceptors (Lipinski definition) is 2. The molecular formula is C12H12O2. The molecule has 1 fully saturated rings. The first-order chi connectivity index (χ1) is 6.88. The third-order valence-electron chi connectivity index (χ3n) is 2.11. The highest BCUT2D eigenvalue weighted by Gasteiger charge is 2.22. The third-order valence-corrected chi connectivity index (χ3v) is 2.11. The summed E-state index contributed by atoms with van der Waals surface area (Å²) in [6.45, 7) is 1.22. The van der Waals surface area contributed by atoms with Crippen molar-refractivity contribution < 1.29 is 9.47 Å². The van der Waals surface area contributed by atoms with Crippen LogP contribution in [0.3, 0.4) is 0 Å². The minimum Gasteiger partial charge on any atom is -0.481 e. The van der Waals surface area contributed by atoms with E-state index in [-0.39, 0.29) is 0 Å². The second kappa shape index (κ2) is 4.17. The molecule has 2 nitrogen and oxygen atoms in total. The van der Waals surface area contributed by atoms with Gasteiger partial charge in [-0.05, 0) is 17.7 Å². The number of benzene rings is 1. The number of terminal acetylenes is 1. The van der Waals surface area contributed by atoms with Crippen LogP contribution in [0.15, 0.2) is 24.3 Å². The molecular weight excluding hydrogens is 176 g/mol. The van der Waals surface area contributed by atoms with Crippen molar-refractivity contribution in [1.82, 2.24) is 0 Å². The lowest BCUT2D eigenvalue weighted by atomic mass is 10.1. The monoisotopic (exact) mass is 188 g/mol. The van der Waals surface area contributed by atoms with E-state index in [0.717, 1.165) is 18.8 Å². The molecule has 0 aromatic heterocycles. The molecule has 0 spiro atoms. The van der Waals surface area contributed by atoms with Crippen LogP contribution in [0.2, 0.25) is 0 Å². The lowest BCUT2D eigenvalue weighted by Crippen LogP contribution is -1.95. The minimum atomic E-state index is 0.324. The van der Waals surface area contributed by atoms with Crippen molar-refractivity contribution in [2.45, 2.75) is 12.5 Å². The maximum Gasteiger partial charge on any atom is 0.148 e. The average molecular weight is 188 g/mol. The highest BCUT2D eigenvalue weighted by Crippen LogP contribution is 2.18. The molecule has 0 saturated carbocycles. The van der Waals surface area contributed by atoms with Crippen molar-refractivity contribution in [2.24, 2.45) is 0 Å². The molecule has 14 heavy (non-hydrogen) atoms. The van der Waals surface area contributed by atoms with E-state index in [1.807, 2.05) is 24.3 Å². The summed E-state index contributed by atoms with van der Waals surface area (Å²) in [4.78, 5) is 0. The summed E-state index contributed by atoms with van der Waals surface area (Å²) < 4.78 is 10.4. The number of ether oxygens (including phenoxy) is 2. The van der Waals surface area contributed by atoms with Crippen LogP contribution in [-0.4, -0.2) is 19.3 Å². The van der Waals surface area contributed by atoms with Crippen molar-refractivity contribution in [3.8, 4) is 18.1 Å². The van der Waals surface area contributed by atoms with Crippen molar-refractivity contribution in [3.63, 3.8) is 0 Å². The van der Waals surface area contributed by atoms with Gasteiger partial charge < -0.3 is 9.47 Å². The van der Waals surface area contributed by atoms with Crippen LogP contribution in [0.1, 0.15) is 5.56 Å². The van der Waals surface area contributed by atoms with Crippen LogP contribution in [-0.2, 0) is 11.2 Å². The molecule has 0 bridgehead atoms. The summed E-state index contributed by atoms with van der Waals surface area (Å²) in [6, 6.07) is 7.98. The topological polar surface area (TPSA) is 21.8 Å². The van der Waals surface area contributed by atoms with Gasteiger partial charge in [-0.3, -0.25) is 0 Å². The second-order valence-corrected chi connectivity index (χ2v) is 3.30. The molecule has 1 saturated heterocycles. The maximum absolute atomic E-state index is 5.26. The van der Waals surface area contributed by atoms with E-state index in [2.05, 4.69) is 5.92 Å². The lowest BCUT2D eigenvalue weighted by molar-refractivity contribution is 0.370. The molecule has 1 aliphatic heterocycles. The molecule has 2 heteroatoms. The van der Waals surface area contributed by atoms with E-state index >= 15 is 0 Å². The van der Waals surface area contributed by atoms with Gasteiger partial charge in [-0.2, -0.15) is 0 Å². The van der Waals surface area contributed by atoms with Crippen LogP contribution in [0.4, 0.5) is 0 Å². The van der Waals surface area contributed by atoms with Crippen LogP contribution < -0.4 is 4.74 Å². The Morgan fingerprint density at radius 1 is 1.43 bits per heavy atom. The summed E-state index contributed by atoms with van der Waals surface area (Å²) in [6.07, 6.45) is 6.52. The van der Waals surface area contributed by atoms with Crippen molar-refractivity contribution in [1.29, 1.82) is 0 Å². The first-order valence-corrected chi connectivity index (χ1v) is 4.65. The van der Waals surface area contributed by atoms with Gasteiger partial charge in [-0.25, -0.2) is 0 Å². The van der Waals surface area contributed by atoms with Gasteiger partial charge in [0.2, 0.25) is 0 Å². The molecule has 72 valence electrons. The molecule has 1 aromatic carbocycles. The van der Waals surface area contributed by atoms with E-state index in [0.29, 0.717) is 12.7 Å². The van der Waals surface area contributed by atoms with Gasteiger partial charge in [0.05, 0.1) is 12.7 Å². The third kappa shape index (κ3) is 2.51. The van der Waals surface area contributed by atoms with Crippen molar-refractivity contribution in [2.75, 3.05) is 13.2 Å². The Labute approximate surface area is 83.8 Å². The first-order valence-electron chi connectivity index (χ1n) is 4.65. The van der Waals surface area contributed by atoms with Crippen molar-refractivity contribution in [3.05, 3.63) is 29.8 Å². The zero-order chi connectivity index (χ0) is 9.80. The van der Waals surface area contributed by atoms with Gasteiger partial charge >= 0.3 is 0 Å². The van der Waals surface area contributed by atoms with Crippen LogP contribution in [0.25, 0.3) is 0 Å². The SMILES string of the molecule is C#CCOc1ccc(CC2CO2)cc1. The van der Waals surface area contributed by atoms with Crippen LogP contribution in [0, 0.1) is 12.3 Å². The Hall–Kier alpha value is -1.46. The zero-order valence-corrected chi connectivity index (χ0v) is 7.90. The van der Waals surface area contributed by atoms with Gasteiger partial charge in [0.15, 0.2) is 0 Å². The van der Waals surface area contributed by atoms with E-state index < -0.39 is 0 Å². The van der Waals surface area contributed by atoms with E-state index in [1.165, 1.54) is 5.56 Å². The first kappa shape index (κ1) is 9.11. The molecule has 0 N–H and O–H groups in total. The molecule has 0 amide bonds. The molecule has 1 atom stereocenters. The number of epoxide rings is 1. The lowest BCUT2D eigenvalue weighted by Gasteiger charge is -2.03. The standard InChI is InChI=1S/C12H12O2/c1-2-7-13-11-5-3-10(4-6-11)8-12-9-14-12/h1,3-6,12H,7-9H2. The van der Waals surface area contributed by atoms with Crippen molar-refractivity contribution >= 4 is 0 Å². The molecule has 1 aromatic rings. The Bertz CT molecular complexity index is 330. The molecule has 1 unspecified atom stereocenters. The molecule has 1 heterocycles. The fraction of sp³-hybridized carbons (Fsp3) is 0.333. The van der Waals surface area contributed by atoms with Gasteiger partial charge in [-0.1, -0.05) is 18.1 Å². The van der Waals surface area contributed by atoms with Gasteiger partial charge in [-0.15, -0.1) is 6.42 Å². The highest BCUT2D eigenvalue weighted by molar-refractivity contribution is 5.28. The van der Waals surface area contributed by atoms with E-state index in [4.69, 9.17) is 15.9 Å². The van der Waals surface area contributed by atoms with Gasteiger partial charge in [0.25, 0.3) is 0 Å². The van der Waals surface area contributed by atoms with Crippen LogP contribution >= 0.6 is 0 Å². The molecule has 0 radical (unpaired) electrons. The Balaban J connectivity index is 1.91. The fourth-order valence-electron chi connectivity index (χ4n) is 1.30. The normalized spacial score (nSPS) is 18.6.